The van der Waals surface area contributed by atoms with Gasteiger partial charge in [0, 0.05) is 0 Å². The van der Waals surface area contributed by atoms with Gasteiger partial charge in [-0.05, 0) is 30.5 Å². The Morgan fingerprint density at radius 1 is 1.27 bits per heavy atom. The highest BCUT2D eigenvalue weighted by Crippen LogP contribution is 2.30. The minimum Gasteiger partial charge on any atom is -0.368 e. The van der Waals surface area contributed by atoms with Crippen LogP contribution in [0, 0.1) is 13.8 Å². The Bertz CT molecular complexity index is 274. The lowest BCUT2D eigenvalue weighted by Crippen LogP contribution is -1.85. The Kier molecular flexibility index (Phi) is 1.46. The average molecular weight is 148 g/mol. The molecule has 1 aliphatic heterocycles. The second kappa shape index (κ2) is 2.35. The van der Waals surface area contributed by atoms with E-state index in [1.165, 1.54) is 16.7 Å². The van der Waals surface area contributed by atoms with E-state index in [9.17, 15) is 0 Å². The molecule has 1 aliphatic rings. The maximum absolute atomic E-state index is 5.19. The molecule has 1 aromatic carbocycles. The van der Waals surface area contributed by atoms with Gasteiger partial charge >= 0.3 is 0 Å². The Balaban J connectivity index is 2.36. The molecule has 58 valence electrons. The van der Waals surface area contributed by atoms with Crippen molar-refractivity contribution in [2.45, 2.75) is 20.0 Å². The summed E-state index contributed by atoms with van der Waals surface area (Å²) >= 11 is 0. The molecule has 1 heteroatoms. The van der Waals surface area contributed by atoms with E-state index in [0.717, 1.165) is 6.61 Å². The number of benzene rings is 1. The van der Waals surface area contributed by atoms with E-state index in [1.807, 2.05) is 0 Å². The zero-order valence-corrected chi connectivity index (χ0v) is 6.92. The van der Waals surface area contributed by atoms with E-state index in [1.54, 1.807) is 0 Å². The lowest BCUT2D eigenvalue weighted by molar-refractivity contribution is 0.415. The molecule has 0 saturated carbocycles. The average Bonchev–Trinajstić information content (AvgIpc) is 2.77. The lowest BCUT2D eigenvalue weighted by Gasteiger charge is -2.01. The highest BCUT2D eigenvalue weighted by molar-refractivity contribution is 5.32. The normalized spacial score (nSPS) is 21.8. The Hall–Kier alpha value is -0.820. The van der Waals surface area contributed by atoms with Crippen molar-refractivity contribution < 1.29 is 4.74 Å². The molecule has 1 atom stereocenters. The van der Waals surface area contributed by atoms with E-state index in [-0.39, 0.29) is 0 Å². The van der Waals surface area contributed by atoms with E-state index >= 15 is 0 Å². The number of hydrogen-bond donors (Lipinski definition) is 0. The lowest BCUT2D eigenvalue weighted by atomic mass is 10.0. The molecule has 1 nitrogen and oxygen atoms in total. The van der Waals surface area contributed by atoms with Gasteiger partial charge < -0.3 is 4.74 Å². The van der Waals surface area contributed by atoms with Crippen LogP contribution in [0.4, 0.5) is 0 Å². The first kappa shape index (κ1) is 6.86. The third-order valence-electron chi connectivity index (χ3n) is 2.24. The molecular formula is C10H12O. The summed E-state index contributed by atoms with van der Waals surface area (Å²) in [5, 5.41) is 0. The molecule has 0 radical (unpaired) electrons. The van der Waals surface area contributed by atoms with Gasteiger partial charge in [-0.15, -0.1) is 0 Å². The van der Waals surface area contributed by atoms with Gasteiger partial charge in [0.05, 0.1) is 6.61 Å². The first-order valence-corrected chi connectivity index (χ1v) is 3.96. The Morgan fingerprint density at radius 2 is 2.00 bits per heavy atom. The Labute approximate surface area is 67.0 Å². The van der Waals surface area contributed by atoms with Gasteiger partial charge in [-0.3, -0.25) is 0 Å². The molecule has 1 aromatic rings. The summed E-state index contributed by atoms with van der Waals surface area (Å²) in [6.45, 7) is 5.18. The minimum absolute atomic E-state index is 0.397. The maximum Gasteiger partial charge on any atom is 0.106 e. The smallest absolute Gasteiger partial charge is 0.106 e. The molecule has 0 aliphatic carbocycles. The Morgan fingerprint density at radius 3 is 2.55 bits per heavy atom. The molecular weight excluding hydrogens is 136 g/mol. The predicted octanol–water partition coefficient (Wildman–Crippen LogP) is 2.37. The van der Waals surface area contributed by atoms with Crippen molar-refractivity contribution in [3.63, 3.8) is 0 Å². The molecule has 1 unspecified atom stereocenters. The molecule has 11 heavy (non-hydrogen) atoms. The van der Waals surface area contributed by atoms with E-state index in [2.05, 4.69) is 32.0 Å². The third-order valence-corrected chi connectivity index (χ3v) is 2.24. The van der Waals surface area contributed by atoms with Crippen LogP contribution in [0.5, 0.6) is 0 Å². The summed E-state index contributed by atoms with van der Waals surface area (Å²) in [6.07, 6.45) is 0.397. The molecule has 0 aromatic heterocycles. The largest absolute Gasteiger partial charge is 0.368 e. The van der Waals surface area contributed by atoms with Crippen molar-refractivity contribution in [2.24, 2.45) is 0 Å². The van der Waals surface area contributed by atoms with Crippen molar-refractivity contribution >= 4 is 0 Å². The van der Waals surface area contributed by atoms with Gasteiger partial charge in [0.2, 0.25) is 0 Å². The summed E-state index contributed by atoms with van der Waals surface area (Å²) in [7, 11) is 0. The fourth-order valence-corrected chi connectivity index (χ4v) is 1.21. The van der Waals surface area contributed by atoms with E-state index in [4.69, 9.17) is 4.74 Å². The zero-order chi connectivity index (χ0) is 7.84. The molecule has 0 amide bonds. The standard InChI is InChI=1S/C10H12O/c1-7-3-4-9(5-8(7)2)10-6-11-10/h3-5,10H,6H2,1-2H3. The molecule has 0 N–H and O–H groups in total. The molecule has 2 rings (SSSR count). The summed E-state index contributed by atoms with van der Waals surface area (Å²) < 4.78 is 5.19. The van der Waals surface area contributed by atoms with Crippen LogP contribution in [-0.4, -0.2) is 6.61 Å². The predicted molar refractivity (Wildman–Crippen MR) is 44.6 cm³/mol. The quantitative estimate of drug-likeness (QED) is 0.557. The van der Waals surface area contributed by atoms with Gasteiger partial charge in [-0.25, -0.2) is 0 Å². The van der Waals surface area contributed by atoms with Crippen molar-refractivity contribution in [3.8, 4) is 0 Å². The molecule has 1 fully saturated rings. The van der Waals surface area contributed by atoms with Crippen molar-refractivity contribution in [2.75, 3.05) is 6.61 Å². The summed E-state index contributed by atoms with van der Waals surface area (Å²) in [4.78, 5) is 0. The van der Waals surface area contributed by atoms with Crippen LogP contribution in [0.25, 0.3) is 0 Å². The van der Waals surface area contributed by atoms with Gasteiger partial charge in [0.1, 0.15) is 6.10 Å². The fraction of sp³-hybridized carbons (Fsp3) is 0.400. The second-order valence-electron chi connectivity index (χ2n) is 3.17. The molecule has 0 spiro atoms. The summed E-state index contributed by atoms with van der Waals surface area (Å²) in [5.74, 6) is 0. The van der Waals surface area contributed by atoms with Crippen LogP contribution < -0.4 is 0 Å². The number of aryl methyl sites for hydroxylation is 2. The van der Waals surface area contributed by atoms with Crippen LogP contribution in [0.1, 0.15) is 22.8 Å². The van der Waals surface area contributed by atoms with E-state index in [0.29, 0.717) is 6.10 Å². The molecule has 1 saturated heterocycles. The van der Waals surface area contributed by atoms with E-state index < -0.39 is 0 Å². The van der Waals surface area contributed by atoms with Crippen LogP contribution in [0.3, 0.4) is 0 Å². The van der Waals surface area contributed by atoms with Crippen molar-refractivity contribution in [1.82, 2.24) is 0 Å². The van der Waals surface area contributed by atoms with Crippen LogP contribution >= 0.6 is 0 Å². The summed E-state index contributed by atoms with van der Waals surface area (Å²) in [6, 6.07) is 6.53. The van der Waals surface area contributed by atoms with Gasteiger partial charge in [-0.2, -0.15) is 0 Å². The fourth-order valence-electron chi connectivity index (χ4n) is 1.21. The van der Waals surface area contributed by atoms with Gasteiger partial charge in [0.25, 0.3) is 0 Å². The topological polar surface area (TPSA) is 12.5 Å². The first-order valence-electron chi connectivity index (χ1n) is 3.96. The highest BCUT2D eigenvalue weighted by Gasteiger charge is 2.24. The van der Waals surface area contributed by atoms with Crippen LogP contribution in [-0.2, 0) is 4.74 Å². The molecule has 0 bridgehead atoms. The SMILES string of the molecule is Cc1ccc(C2CO2)cc1C. The highest BCUT2D eigenvalue weighted by atomic mass is 16.6. The van der Waals surface area contributed by atoms with Gasteiger partial charge in [0.15, 0.2) is 0 Å². The number of rotatable bonds is 1. The second-order valence-corrected chi connectivity index (χ2v) is 3.17. The number of hydrogen-bond acceptors (Lipinski definition) is 1. The van der Waals surface area contributed by atoms with Crippen LogP contribution in [0.15, 0.2) is 18.2 Å². The zero-order valence-electron chi connectivity index (χ0n) is 6.92. The third kappa shape index (κ3) is 1.29. The van der Waals surface area contributed by atoms with Gasteiger partial charge in [-0.1, -0.05) is 18.2 Å². The van der Waals surface area contributed by atoms with Crippen LogP contribution in [0.2, 0.25) is 0 Å². The van der Waals surface area contributed by atoms with Crippen molar-refractivity contribution in [1.29, 1.82) is 0 Å². The maximum atomic E-state index is 5.19. The van der Waals surface area contributed by atoms with Crippen molar-refractivity contribution in [3.05, 3.63) is 34.9 Å². The number of ether oxygens (including phenoxy) is 1. The summed E-state index contributed by atoms with van der Waals surface area (Å²) in [5.41, 5.74) is 4.04. The first-order chi connectivity index (χ1) is 5.27. The monoisotopic (exact) mass is 148 g/mol. The minimum atomic E-state index is 0.397. The number of epoxide rings is 1. The molecule has 1 heterocycles.